The summed E-state index contributed by atoms with van der Waals surface area (Å²) in [6.45, 7) is 0. The molecule has 106 valence electrons. The first-order valence-electron chi connectivity index (χ1n) is 7.63. The van der Waals surface area contributed by atoms with Gasteiger partial charge in [-0.25, -0.2) is 0 Å². The van der Waals surface area contributed by atoms with Crippen LogP contribution in [0.4, 0.5) is 0 Å². The van der Waals surface area contributed by atoms with Crippen molar-refractivity contribution in [2.45, 2.75) is 44.2 Å². The zero-order chi connectivity index (χ0) is 13.5. The van der Waals surface area contributed by atoms with Crippen molar-refractivity contribution in [1.29, 1.82) is 0 Å². The molecule has 0 saturated heterocycles. The van der Waals surface area contributed by atoms with Gasteiger partial charge in [-0.2, -0.15) is 5.10 Å². The first-order chi connectivity index (χ1) is 9.83. The lowest BCUT2D eigenvalue weighted by molar-refractivity contribution is 0.375. The van der Waals surface area contributed by atoms with Crippen LogP contribution in [0.3, 0.4) is 0 Å². The molecule has 3 nitrogen and oxygen atoms in total. The maximum Gasteiger partial charge on any atom is 0.0540 e. The van der Waals surface area contributed by atoms with Gasteiger partial charge in [-0.05, 0) is 49.5 Å². The van der Waals surface area contributed by atoms with Crippen LogP contribution in [0, 0.1) is 5.92 Å². The Hall–Kier alpha value is -1.13. The Morgan fingerprint density at radius 3 is 3.05 bits per heavy atom. The number of thiophene rings is 1. The molecule has 0 spiro atoms. The van der Waals surface area contributed by atoms with Gasteiger partial charge in [0.1, 0.15) is 0 Å². The summed E-state index contributed by atoms with van der Waals surface area (Å²) in [6.07, 6.45) is 8.52. The average Bonchev–Trinajstić information content (AvgIpc) is 3.01. The van der Waals surface area contributed by atoms with Crippen molar-refractivity contribution < 1.29 is 0 Å². The Morgan fingerprint density at radius 1 is 1.40 bits per heavy atom. The predicted molar refractivity (Wildman–Crippen MR) is 81.8 cm³/mol. The third-order valence-electron chi connectivity index (χ3n) is 4.70. The van der Waals surface area contributed by atoms with Crippen molar-refractivity contribution in [2.24, 2.45) is 13.0 Å². The van der Waals surface area contributed by atoms with E-state index in [1.807, 2.05) is 11.3 Å². The second-order valence-corrected chi connectivity index (χ2v) is 7.09. The van der Waals surface area contributed by atoms with Crippen LogP contribution in [0.15, 0.2) is 23.7 Å². The highest BCUT2D eigenvalue weighted by atomic mass is 32.1. The molecular formula is C16H21N3S. The zero-order valence-electron chi connectivity index (χ0n) is 11.9. The normalized spacial score (nSPS) is 23.6. The molecular weight excluding hydrogens is 266 g/mol. The van der Waals surface area contributed by atoms with E-state index in [4.69, 9.17) is 0 Å². The lowest BCUT2D eigenvalue weighted by Gasteiger charge is -2.28. The van der Waals surface area contributed by atoms with E-state index < -0.39 is 0 Å². The highest BCUT2D eigenvalue weighted by Gasteiger charge is 2.35. The molecule has 0 aromatic carbocycles. The van der Waals surface area contributed by atoms with Crippen LogP contribution in [0.1, 0.15) is 53.9 Å². The van der Waals surface area contributed by atoms with Gasteiger partial charge in [0.15, 0.2) is 0 Å². The van der Waals surface area contributed by atoms with Gasteiger partial charge in [0.2, 0.25) is 0 Å². The SMILES string of the molecule is Cn1ncc2c1CCCC2NC(c1cccs1)C1CC1. The van der Waals surface area contributed by atoms with Crippen LogP contribution in [-0.2, 0) is 13.5 Å². The summed E-state index contributed by atoms with van der Waals surface area (Å²) < 4.78 is 2.06. The molecule has 0 radical (unpaired) electrons. The van der Waals surface area contributed by atoms with Crippen LogP contribution < -0.4 is 5.32 Å². The molecule has 2 heterocycles. The molecule has 0 aliphatic heterocycles. The van der Waals surface area contributed by atoms with Crippen molar-refractivity contribution >= 4 is 11.3 Å². The van der Waals surface area contributed by atoms with Gasteiger partial charge in [-0.15, -0.1) is 11.3 Å². The molecule has 2 aliphatic rings. The van der Waals surface area contributed by atoms with E-state index in [0.717, 1.165) is 5.92 Å². The number of aromatic nitrogens is 2. The summed E-state index contributed by atoms with van der Waals surface area (Å²) in [5.41, 5.74) is 2.86. The Labute approximate surface area is 124 Å². The number of hydrogen-bond acceptors (Lipinski definition) is 3. The quantitative estimate of drug-likeness (QED) is 0.931. The lowest BCUT2D eigenvalue weighted by atomic mass is 9.92. The fourth-order valence-corrected chi connectivity index (χ4v) is 4.32. The summed E-state index contributed by atoms with van der Waals surface area (Å²) >= 11 is 1.89. The Balaban J connectivity index is 1.59. The van der Waals surface area contributed by atoms with Crippen molar-refractivity contribution in [3.05, 3.63) is 39.8 Å². The van der Waals surface area contributed by atoms with E-state index in [1.54, 1.807) is 0 Å². The fraction of sp³-hybridized carbons (Fsp3) is 0.562. The summed E-state index contributed by atoms with van der Waals surface area (Å²) in [7, 11) is 2.07. The van der Waals surface area contributed by atoms with Gasteiger partial charge in [0.25, 0.3) is 0 Å². The second kappa shape index (κ2) is 5.01. The molecule has 20 heavy (non-hydrogen) atoms. The summed E-state index contributed by atoms with van der Waals surface area (Å²) in [5.74, 6) is 0.843. The predicted octanol–water partition coefficient (Wildman–Crippen LogP) is 3.60. The fourth-order valence-electron chi connectivity index (χ4n) is 3.44. The molecule has 1 saturated carbocycles. The molecule has 2 aliphatic carbocycles. The van der Waals surface area contributed by atoms with Gasteiger partial charge in [-0.3, -0.25) is 4.68 Å². The van der Waals surface area contributed by atoms with Crippen LogP contribution >= 0.6 is 11.3 Å². The maximum absolute atomic E-state index is 4.46. The molecule has 2 aromatic rings. The van der Waals surface area contributed by atoms with Crippen LogP contribution in [0.25, 0.3) is 0 Å². The highest BCUT2D eigenvalue weighted by Crippen LogP contribution is 2.44. The second-order valence-electron chi connectivity index (χ2n) is 6.11. The van der Waals surface area contributed by atoms with Gasteiger partial charge < -0.3 is 5.32 Å². The molecule has 1 fully saturated rings. The van der Waals surface area contributed by atoms with Crippen molar-refractivity contribution in [1.82, 2.24) is 15.1 Å². The minimum atomic E-state index is 0.486. The largest absolute Gasteiger partial charge is 0.302 e. The first kappa shape index (κ1) is 12.6. The first-order valence-corrected chi connectivity index (χ1v) is 8.51. The molecule has 2 atom stereocenters. The molecule has 0 amide bonds. The standard InChI is InChI=1S/C16H21N3S/c1-19-14-5-2-4-13(12(14)10-17-19)18-16(11-7-8-11)15-6-3-9-20-15/h3,6,9-11,13,16,18H,2,4-5,7-8H2,1H3. The summed E-state index contributed by atoms with van der Waals surface area (Å²) in [5, 5.41) is 10.6. The lowest BCUT2D eigenvalue weighted by Crippen LogP contribution is -2.30. The number of nitrogens with one attached hydrogen (secondary N) is 1. The van der Waals surface area contributed by atoms with Gasteiger partial charge in [-0.1, -0.05) is 6.07 Å². The molecule has 4 heteroatoms. The van der Waals surface area contributed by atoms with Crippen LogP contribution in [-0.4, -0.2) is 9.78 Å². The highest BCUT2D eigenvalue weighted by molar-refractivity contribution is 7.10. The number of rotatable bonds is 4. The van der Waals surface area contributed by atoms with Crippen LogP contribution in [0.5, 0.6) is 0 Å². The third-order valence-corrected chi connectivity index (χ3v) is 5.65. The minimum absolute atomic E-state index is 0.486. The van der Waals surface area contributed by atoms with Crippen molar-refractivity contribution in [2.75, 3.05) is 0 Å². The van der Waals surface area contributed by atoms with E-state index in [1.165, 1.54) is 48.2 Å². The molecule has 2 unspecified atom stereocenters. The van der Waals surface area contributed by atoms with Gasteiger partial charge >= 0.3 is 0 Å². The monoisotopic (exact) mass is 287 g/mol. The smallest absolute Gasteiger partial charge is 0.0540 e. The van der Waals surface area contributed by atoms with E-state index >= 15 is 0 Å². The number of fused-ring (bicyclic) bond motifs is 1. The van der Waals surface area contributed by atoms with Gasteiger partial charge in [0.05, 0.1) is 6.20 Å². The summed E-state index contributed by atoms with van der Waals surface area (Å²) in [6, 6.07) is 5.49. The molecule has 0 bridgehead atoms. The minimum Gasteiger partial charge on any atom is -0.302 e. The Morgan fingerprint density at radius 2 is 2.30 bits per heavy atom. The van der Waals surface area contributed by atoms with E-state index in [2.05, 4.69) is 45.9 Å². The number of aryl methyl sites for hydroxylation is 1. The van der Waals surface area contributed by atoms with Gasteiger partial charge in [0, 0.05) is 35.3 Å². The maximum atomic E-state index is 4.46. The van der Waals surface area contributed by atoms with E-state index in [-0.39, 0.29) is 0 Å². The van der Waals surface area contributed by atoms with Crippen molar-refractivity contribution in [3.63, 3.8) is 0 Å². The third kappa shape index (κ3) is 2.21. The Bertz CT molecular complexity index is 583. The topological polar surface area (TPSA) is 29.9 Å². The zero-order valence-corrected chi connectivity index (χ0v) is 12.7. The summed E-state index contributed by atoms with van der Waals surface area (Å²) in [4.78, 5) is 1.50. The Kier molecular flexibility index (Phi) is 3.15. The van der Waals surface area contributed by atoms with E-state index in [0.29, 0.717) is 12.1 Å². The number of hydrogen-bond donors (Lipinski definition) is 1. The molecule has 1 N–H and O–H groups in total. The molecule has 4 rings (SSSR count). The average molecular weight is 287 g/mol. The number of nitrogens with zero attached hydrogens (tertiary/aromatic N) is 2. The van der Waals surface area contributed by atoms with E-state index in [9.17, 15) is 0 Å². The molecule has 2 aromatic heterocycles. The van der Waals surface area contributed by atoms with Crippen LogP contribution in [0.2, 0.25) is 0 Å². The van der Waals surface area contributed by atoms with Crippen molar-refractivity contribution in [3.8, 4) is 0 Å².